The summed E-state index contributed by atoms with van der Waals surface area (Å²) in [6, 6.07) is 15.3. The number of hydrogen-bond donors (Lipinski definition) is 0. The first-order chi connectivity index (χ1) is 18.2. The summed E-state index contributed by atoms with van der Waals surface area (Å²) in [7, 11) is 0. The molecular formula is C26H22BrN5O6. The molecule has 11 nitrogen and oxygen atoms in total. The Morgan fingerprint density at radius 1 is 1.11 bits per heavy atom. The van der Waals surface area contributed by atoms with E-state index in [1.807, 2.05) is 13.8 Å². The van der Waals surface area contributed by atoms with Gasteiger partial charge in [-0.05, 0) is 48.4 Å². The normalized spacial score (nSPS) is 12.1. The van der Waals surface area contributed by atoms with Crippen molar-refractivity contribution in [2.75, 3.05) is 0 Å². The van der Waals surface area contributed by atoms with Crippen LogP contribution in [-0.4, -0.2) is 25.7 Å². The summed E-state index contributed by atoms with van der Waals surface area (Å²) in [5, 5.41) is 27.4. The summed E-state index contributed by atoms with van der Waals surface area (Å²) in [5.41, 5.74) is 0.662. The molecule has 0 saturated carbocycles. The maximum Gasteiger partial charge on any atom is 0.311 e. The highest BCUT2D eigenvalue weighted by atomic mass is 79.9. The maximum absolute atomic E-state index is 13.4. The highest BCUT2D eigenvalue weighted by Gasteiger charge is 2.20. The average molecular weight is 580 g/mol. The number of benzene rings is 3. The number of nitrogens with zero attached hydrogens (tertiary/aromatic N) is 5. The molecule has 194 valence electrons. The summed E-state index contributed by atoms with van der Waals surface area (Å²) in [6.07, 6.45) is 2.04. The number of aromatic nitrogens is 2. The van der Waals surface area contributed by atoms with Gasteiger partial charge in [-0.1, -0.05) is 35.8 Å². The minimum absolute atomic E-state index is 0.0470. The molecule has 0 unspecified atom stereocenters. The van der Waals surface area contributed by atoms with Gasteiger partial charge in [0.15, 0.2) is 0 Å². The van der Waals surface area contributed by atoms with Crippen LogP contribution in [0.15, 0.2) is 75.0 Å². The number of nitro benzene ring substituents is 2. The Bertz CT molecular complexity index is 1620. The molecule has 4 rings (SSSR count). The topological polar surface area (TPSA) is 143 Å². The van der Waals surface area contributed by atoms with Crippen LogP contribution in [0.25, 0.3) is 10.9 Å². The minimum Gasteiger partial charge on any atom is -0.481 e. The Kier molecular flexibility index (Phi) is 7.91. The van der Waals surface area contributed by atoms with E-state index in [0.717, 1.165) is 4.47 Å². The molecule has 0 saturated heterocycles. The summed E-state index contributed by atoms with van der Waals surface area (Å²) in [5.74, 6) is 0.326. The Balaban J connectivity index is 1.76. The van der Waals surface area contributed by atoms with E-state index in [-0.39, 0.29) is 40.8 Å². The molecule has 1 aromatic heterocycles. The fourth-order valence-electron chi connectivity index (χ4n) is 3.71. The number of hydrogen-bond acceptors (Lipinski definition) is 8. The highest BCUT2D eigenvalue weighted by molar-refractivity contribution is 9.10. The van der Waals surface area contributed by atoms with Gasteiger partial charge in [0.25, 0.3) is 11.2 Å². The van der Waals surface area contributed by atoms with Crippen molar-refractivity contribution in [3.63, 3.8) is 0 Å². The first kappa shape index (κ1) is 26.6. The lowest BCUT2D eigenvalue weighted by molar-refractivity contribution is -0.386. The maximum atomic E-state index is 13.4. The molecule has 0 N–H and O–H groups in total. The third kappa shape index (κ3) is 5.59. The molecule has 0 spiro atoms. The molecule has 0 bridgehead atoms. The zero-order valence-electron chi connectivity index (χ0n) is 20.4. The molecule has 0 fully saturated rings. The number of non-ortho nitro benzene ring substituents is 1. The van der Waals surface area contributed by atoms with E-state index in [9.17, 15) is 25.0 Å². The van der Waals surface area contributed by atoms with Gasteiger partial charge >= 0.3 is 5.69 Å². The standard InChI is InChI=1S/C26H22BrN5O6/c1-3-16(2)25-29-22-12-9-19(27)13-21(22)26(33)30(25)28-14-18-5-4-6-23(32(36)37)24(18)38-15-17-7-10-20(11-8-17)31(34)35/h4-14,16H,3,15H2,1-2H3/t16-/m1/s1. The van der Waals surface area contributed by atoms with Gasteiger partial charge < -0.3 is 4.74 Å². The van der Waals surface area contributed by atoms with Crippen molar-refractivity contribution >= 4 is 44.4 Å². The lowest BCUT2D eigenvalue weighted by Crippen LogP contribution is -2.23. The third-order valence-corrected chi connectivity index (χ3v) is 6.44. The van der Waals surface area contributed by atoms with Crippen LogP contribution in [0.2, 0.25) is 0 Å². The van der Waals surface area contributed by atoms with E-state index >= 15 is 0 Å². The number of fused-ring (bicyclic) bond motifs is 1. The van der Waals surface area contributed by atoms with Gasteiger partial charge in [0.05, 0.1) is 27.0 Å². The predicted molar refractivity (Wildman–Crippen MR) is 146 cm³/mol. The second-order valence-electron chi connectivity index (χ2n) is 8.47. The third-order valence-electron chi connectivity index (χ3n) is 5.95. The average Bonchev–Trinajstić information content (AvgIpc) is 2.91. The van der Waals surface area contributed by atoms with Crippen molar-refractivity contribution in [1.82, 2.24) is 9.66 Å². The van der Waals surface area contributed by atoms with Crippen LogP contribution in [0.5, 0.6) is 5.75 Å². The molecule has 0 aliphatic carbocycles. The highest BCUT2D eigenvalue weighted by Crippen LogP contribution is 2.31. The number of rotatable bonds is 9. The lowest BCUT2D eigenvalue weighted by Gasteiger charge is -2.14. The van der Waals surface area contributed by atoms with Gasteiger partial charge in [0.1, 0.15) is 12.4 Å². The van der Waals surface area contributed by atoms with Crippen LogP contribution in [0.4, 0.5) is 11.4 Å². The summed E-state index contributed by atoms with van der Waals surface area (Å²) < 4.78 is 7.74. The minimum atomic E-state index is -0.575. The molecule has 1 heterocycles. The number of nitro groups is 2. The second kappa shape index (κ2) is 11.3. The molecule has 0 aliphatic heterocycles. The van der Waals surface area contributed by atoms with Crippen molar-refractivity contribution in [3.05, 3.63) is 113 Å². The van der Waals surface area contributed by atoms with Crippen LogP contribution >= 0.6 is 15.9 Å². The van der Waals surface area contributed by atoms with Crippen LogP contribution in [0.3, 0.4) is 0 Å². The van der Waals surface area contributed by atoms with E-state index in [4.69, 9.17) is 4.74 Å². The van der Waals surface area contributed by atoms with Gasteiger partial charge in [-0.2, -0.15) is 9.78 Å². The Labute approximate surface area is 224 Å². The first-order valence-corrected chi connectivity index (χ1v) is 12.4. The molecule has 0 radical (unpaired) electrons. The van der Waals surface area contributed by atoms with Crippen molar-refractivity contribution in [2.24, 2.45) is 5.10 Å². The fourth-order valence-corrected chi connectivity index (χ4v) is 4.07. The van der Waals surface area contributed by atoms with E-state index in [1.54, 1.807) is 24.3 Å². The van der Waals surface area contributed by atoms with Crippen molar-refractivity contribution in [3.8, 4) is 5.75 Å². The number of para-hydroxylation sites is 1. The first-order valence-electron chi connectivity index (χ1n) is 11.6. The Hall–Kier alpha value is -4.45. The van der Waals surface area contributed by atoms with E-state index < -0.39 is 9.85 Å². The Morgan fingerprint density at radius 2 is 1.84 bits per heavy atom. The summed E-state index contributed by atoms with van der Waals surface area (Å²) in [4.78, 5) is 39.6. The van der Waals surface area contributed by atoms with Crippen molar-refractivity contribution in [2.45, 2.75) is 32.8 Å². The molecule has 1 atom stereocenters. The molecule has 0 amide bonds. The second-order valence-corrected chi connectivity index (χ2v) is 9.38. The zero-order chi connectivity index (χ0) is 27.4. The Morgan fingerprint density at radius 3 is 2.50 bits per heavy atom. The van der Waals surface area contributed by atoms with Crippen LogP contribution in [0, 0.1) is 20.2 Å². The SMILES string of the molecule is CC[C@@H](C)c1nc2ccc(Br)cc2c(=O)n1N=Cc1cccc([N+](=O)[O-])c1OCc1ccc([N+](=O)[O-])cc1. The largest absolute Gasteiger partial charge is 0.481 e. The molecule has 4 aromatic rings. The van der Waals surface area contributed by atoms with Gasteiger partial charge in [0.2, 0.25) is 5.75 Å². The zero-order valence-corrected chi connectivity index (χ0v) is 22.0. The molecule has 38 heavy (non-hydrogen) atoms. The van der Waals surface area contributed by atoms with Crippen LogP contribution in [0.1, 0.15) is 43.1 Å². The summed E-state index contributed by atoms with van der Waals surface area (Å²) in [6.45, 7) is 3.83. The molecule has 12 heteroatoms. The van der Waals surface area contributed by atoms with E-state index in [2.05, 4.69) is 26.0 Å². The molecular weight excluding hydrogens is 558 g/mol. The molecule has 0 aliphatic rings. The molecule has 3 aromatic carbocycles. The van der Waals surface area contributed by atoms with Crippen LogP contribution < -0.4 is 10.3 Å². The number of ether oxygens (including phenoxy) is 1. The quantitative estimate of drug-likeness (QED) is 0.135. The van der Waals surface area contributed by atoms with E-state index in [0.29, 0.717) is 28.7 Å². The lowest BCUT2D eigenvalue weighted by atomic mass is 10.1. The number of halogens is 1. The van der Waals surface area contributed by atoms with Crippen molar-refractivity contribution in [1.29, 1.82) is 0 Å². The smallest absolute Gasteiger partial charge is 0.311 e. The summed E-state index contributed by atoms with van der Waals surface area (Å²) >= 11 is 3.38. The fraction of sp³-hybridized carbons (Fsp3) is 0.192. The van der Waals surface area contributed by atoms with Gasteiger partial charge in [0, 0.05) is 34.2 Å². The predicted octanol–water partition coefficient (Wildman–Crippen LogP) is 5.95. The van der Waals surface area contributed by atoms with Crippen LogP contribution in [-0.2, 0) is 6.61 Å². The van der Waals surface area contributed by atoms with Gasteiger partial charge in [-0.3, -0.25) is 25.0 Å². The van der Waals surface area contributed by atoms with Gasteiger partial charge in [-0.15, -0.1) is 0 Å². The monoisotopic (exact) mass is 579 g/mol. The van der Waals surface area contributed by atoms with E-state index in [1.165, 1.54) is 47.3 Å². The van der Waals surface area contributed by atoms with Gasteiger partial charge in [-0.25, -0.2) is 4.98 Å². The van der Waals surface area contributed by atoms with Crippen molar-refractivity contribution < 1.29 is 14.6 Å².